The van der Waals surface area contributed by atoms with Gasteiger partial charge in [-0.15, -0.1) is 0 Å². The smallest absolute Gasteiger partial charge is 0.117 e. The summed E-state index contributed by atoms with van der Waals surface area (Å²) >= 11 is 12.3. The van der Waals surface area contributed by atoms with Crippen LogP contribution in [0.5, 0.6) is 0 Å². The quantitative estimate of drug-likeness (QED) is 0.363. The van der Waals surface area contributed by atoms with Crippen LogP contribution in [-0.4, -0.2) is 21.5 Å². The highest BCUT2D eigenvalue weighted by atomic mass is 35.5. The van der Waals surface area contributed by atoms with Gasteiger partial charge in [0.05, 0.1) is 6.54 Å². The number of hydrogen-bond donors (Lipinski definition) is 1. The van der Waals surface area contributed by atoms with Gasteiger partial charge in [-0.2, -0.15) is 15.0 Å². The Hall–Kier alpha value is -2.66. The Balaban J connectivity index is 1.48. The van der Waals surface area contributed by atoms with Crippen LogP contribution in [0, 0.1) is 0 Å². The van der Waals surface area contributed by atoms with Crippen molar-refractivity contribution in [2.75, 3.05) is 6.54 Å². The summed E-state index contributed by atoms with van der Waals surface area (Å²) in [5.41, 5.74) is 5.11. The summed E-state index contributed by atoms with van der Waals surface area (Å²) < 4.78 is 0. The molecule has 0 unspecified atom stereocenters. The van der Waals surface area contributed by atoms with Crippen molar-refractivity contribution in [3.8, 4) is 11.3 Å². The molecule has 0 saturated carbocycles. The first-order valence-electron chi connectivity index (χ1n) is 9.87. The number of nitrogens with one attached hydrogen (secondary N) is 1. The minimum Gasteiger partial charge on any atom is -0.311 e. The summed E-state index contributed by atoms with van der Waals surface area (Å²) in [5, 5.41) is 14.5. The second kappa shape index (κ2) is 9.90. The van der Waals surface area contributed by atoms with E-state index in [9.17, 15) is 0 Å². The Bertz CT molecular complexity index is 1090. The Morgan fingerprint density at radius 3 is 2.30 bits per heavy atom. The Morgan fingerprint density at radius 1 is 0.800 bits per heavy atom. The van der Waals surface area contributed by atoms with Crippen LogP contribution in [0.1, 0.15) is 16.8 Å². The molecule has 152 valence electrons. The van der Waals surface area contributed by atoms with E-state index in [1.807, 2.05) is 54.6 Å². The Kier molecular flexibility index (Phi) is 6.80. The van der Waals surface area contributed by atoms with Crippen molar-refractivity contribution in [1.29, 1.82) is 0 Å². The summed E-state index contributed by atoms with van der Waals surface area (Å²) in [6.07, 6.45) is 0.922. The zero-order chi connectivity index (χ0) is 20.8. The van der Waals surface area contributed by atoms with Crippen LogP contribution in [0.4, 0.5) is 0 Å². The molecule has 3 aromatic carbocycles. The van der Waals surface area contributed by atoms with Gasteiger partial charge in [-0.05, 0) is 42.3 Å². The van der Waals surface area contributed by atoms with E-state index in [-0.39, 0.29) is 0 Å². The molecule has 0 radical (unpaired) electrons. The highest BCUT2D eigenvalue weighted by Gasteiger charge is 2.14. The summed E-state index contributed by atoms with van der Waals surface area (Å²) in [7, 11) is 0. The predicted octanol–water partition coefficient (Wildman–Crippen LogP) is 5.63. The van der Waals surface area contributed by atoms with E-state index < -0.39 is 0 Å². The maximum atomic E-state index is 6.32. The van der Waals surface area contributed by atoms with E-state index in [0.29, 0.717) is 13.1 Å². The van der Waals surface area contributed by atoms with Gasteiger partial charge in [0.15, 0.2) is 0 Å². The molecule has 0 spiro atoms. The third kappa shape index (κ3) is 5.28. The second-order valence-electron chi connectivity index (χ2n) is 7.04. The lowest BCUT2D eigenvalue weighted by Gasteiger charge is -2.05. The third-order valence-corrected chi connectivity index (χ3v) is 5.46. The first-order chi connectivity index (χ1) is 14.7. The molecule has 4 nitrogen and oxygen atoms in total. The highest BCUT2D eigenvalue weighted by Crippen LogP contribution is 2.21. The minimum absolute atomic E-state index is 0.532. The number of nitrogens with zero attached hydrogens (tertiary/aromatic N) is 3. The number of benzene rings is 3. The fraction of sp³-hybridized carbons (Fsp3) is 0.167. The number of aromatic nitrogens is 3. The van der Waals surface area contributed by atoms with E-state index in [2.05, 4.69) is 29.6 Å². The van der Waals surface area contributed by atoms with E-state index in [1.54, 1.807) is 4.80 Å². The summed E-state index contributed by atoms with van der Waals surface area (Å²) in [5.74, 6) is 0. The number of rotatable bonds is 8. The molecule has 30 heavy (non-hydrogen) atoms. The average molecular weight is 437 g/mol. The van der Waals surface area contributed by atoms with Gasteiger partial charge < -0.3 is 5.32 Å². The standard InChI is InChI=1S/C24H22Cl2N4/c25-21-12-10-18(11-13-21)14-15-27-16-23-24(19-6-2-1-3-7-19)29-30(28-23)17-20-8-4-5-9-22(20)26/h1-13,27H,14-17H2. The maximum Gasteiger partial charge on any atom is 0.117 e. The molecule has 1 N–H and O–H groups in total. The molecule has 0 aliphatic rings. The van der Waals surface area contributed by atoms with Gasteiger partial charge in [-0.25, -0.2) is 0 Å². The van der Waals surface area contributed by atoms with E-state index in [1.165, 1.54) is 5.56 Å². The Labute approximate surface area is 186 Å². The van der Waals surface area contributed by atoms with Crippen molar-refractivity contribution in [3.63, 3.8) is 0 Å². The third-order valence-electron chi connectivity index (χ3n) is 4.84. The van der Waals surface area contributed by atoms with E-state index >= 15 is 0 Å². The molecule has 1 aromatic heterocycles. The average Bonchev–Trinajstić information content (AvgIpc) is 3.17. The fourth-order valence-corrected chi connectivity index (χ4v) is 3.58. The second-order valence-corrected chi connectivity index (χ2v) is 7.88. The first-order valence-corrected chi connectivity index (χ1v) is 10.6. The van der Waals surface area contributed by atoms with Crippen molar-refractivity contribution in [2.24, 2.45) is 0 Å². The molecular formula is C24H22Cl2N4. The zero-order valence-corrected chi connectivity index (χ0v) is 17.9. The van der Waals surface area contributed by atoms with Crippen molar-refractivity contribution >= 4 is 23.2 Å². The molecule has 1 heterocycles. The molecular weight excluding hydrogens is 415 g/mol. The number of halogens is 2. The van der Waals surface area contributed by atoms with Gasteiger partial charge in [0.1, 0.15) is 11.4 Å². The lowest BCUT2D eigenvalue weighted by Crippen LogP contribution is -2.17. The van der Waals surface area contributed by atoms with E-state index in [4.69, 9.17) is 33.4 Å². The predicted molar refractivity (Wildman–Crippen MR) is 123 cm³/mol. The van der Waals surface area contributed by atoms with Crippen LogP contribution in [0.25, 0.3) is 11.3 Å². The summed E-state index contributed by atoms with van der Waals surface area (Å²) in [6, 6.07) is 25.9. The minimum atomic E-state index is 0.532. The van der Waals surface area contributed by atoms with Crippen LogP contribution in [0.2, 0.25) is 10.0 Å². The van der Waals surface area contributed by atoms with Crippen LogP contribution in [-0.2, 0) is 19.5 Å². The van der Waals surface area contributed by atoms with Gasteiger partial charge >= 0.3 is 0 Å². The molecule has 6 heteroatoms. The van der Waals surface area contributed by atoms with Gasteiger partial charge in [0.25, 0.3) is 0 Å². The van der Waals surface area contributed by atoms with Gasteiger partial charge in [0, 0.05) is 22.2 Å². The van der Waals surface area contributed by atoms with Crippen molar-refractivity contribution in [1.82, 2.24) is 20.3 Å². The zero-order valence-electron chi connectivity index (χ0n) is 16.4. The Morgan fingerprint density at radius 2 is 1.53 bits per heavy atom. The SMILES string of the molecule is Clc1ccc(CCNCc2nn(Cc3ccccc3Cl)nc2-c2ccccc2)cc1. The monoisotopic (exact) mass is 436 g/mol. The van der Waals surface area contributed by atoms with Gasteiger partial charge in [-0.3, -0.25) is 0 Å². The number of hydrogen-bond acceptors (Lipinski definition) is 3. The molecule has 0 fully saturated rings. The van der Waals surface area contributed by atoms with Crippen molar-refractivity contribution in [2.45, 2.75) is 19.5 Å². The molecule has 0 bridgehead atoms. The van der Waals surface area contributed by atoms with Crippen LogP contribution >= 0.6 is 23.2 Å². The lowest BCUT2D eigenvalue weighted by molar-refractivity contribution is 0.577. The lowest BCUT2D eigenvalue weighted by atomic mass is 10.1. The maximum absolute atomic E-state index is 6.32. The fourth-order valence-electron chi connectivity index (χ4n) is 3.26. The van der Waals surface area contributed by atoms with E-state index in [0.717, 1.165) is 45.5 Å². The molecule has 0 aliphatic carbocycles. The molecule has 4 rings (SSSR count). The molecule has 0 saturated heterocycles. The highest BCUT2D eigenvalue weighted by molar-refractivity contribution is 6.31. The van der Waals surface area contributed by atoms with Gasteiger partial charge in [0.2, 0.25) is 0 Å². The van der Waals surface area contributed by atoms with Crippen LogP contribution in [0.15, 0.2) is 78.9 Å². The largest absolute Gasteiger partial charge is 0.311 e. The normalized spacial score (nSPS) is 11.0. The van der Waals surface area contributed by atoms with Crippen LogP contribution in [0.3, 0.4) is 0 Å². The molecule has 0 atom stereocenters. The summed E-state index contributed by atoms with van der Waals surface area (Å²) in [6.45, 7) is 2.01. The van der Waals surface area contributed by atoms with Crippen LogP contribution < -0.4 is 5.32 Å². The van der Waals surface area contributed by atoms with Crippen molar-refractivity contribution < 1.29 is 0 Å². The first kappa shape index (κ1) is 20.6. The molecule has 4 aromatic rings. The molecule has 0 aliphatic heterocycles. The molecule has 0 amide bonds. The summed E-state index contributed by atoms with van der Waals surface area (Å²) in [4.78, 5) is 1.72. The van der Waals surface area contributed by atoms with Crippen molar-refractivity contribution in [3.05, 3.63) is 106 Å². The van der Waals surface area contributed by atoms with Gasteiger partial charge in [-0.1, -0.05) is 83.9 Å². The topological polar surface area (TPSA) is 42.7 Å².